The molecule has 0 aliphatic rings. The second-order valence-corrected chi connectivity index (χ2v) is 6.76. The number of carbonyl (C=O) groups excluding carboxylic acids is 2. The molecule has 1 N–H and O–H groups in total. The lowest BCUT2D eigenvalue weighted by molar-refractivity contribution is -0.122. The summed E-state index contributed by atoms with van der Waals surface area (Å²) in [6, 6.07) is 24.8. The highest BCUT2D eigenvalue weighted by Gasteiger charge is 2.15. The van der Waals surface area contributed by atoms with E-state index >= 15 is 0 Å². The summed E-state index contributed by atoms with van der Waals surface area (Å²) in [5.41, 5.74) is 3.62. The van der Waals surface area contributed by atoms with Gasteiger partial charge in [-0.25, -0.2) is 0 Å². The number of carbonyl (C=O) groups is 2. The molecule has 3 rings (SSSR count). The third kappa shape index (κ3) is 5.23. The van der Waals surface area contributed by atoms with Gasteiger partial charge in [-0.3, -0.25) is 9.59 Å². The van der Waals surface area contributed by atoms with Crippen molar-refractivity contribution in [3.8, 4) is 16.9 Å². The highest BCUT2D eigenvalue weighted by atomic mass is 16.5. The summed E-state index contributed by atoms with van der Waals surface area (Å²) in [4.78, 5) is 25.4. The van der Waals surface area contributed by atoms with Crippen LogP contribution < -0.4 is 15.0 Å². The van der Waals surface area contributed by atoms with E-state index in [0.717, 1.165) is 16.8 Å². The standard InChI is InChI=1S/C24H24N2O3/c1-17(24(28)25-21-11-13-22(14-12-21)26(3)18(2)27)29-23-15-9-20(10-16-23)19-7-5-4-6-8-19/h4-17H,1-3H3,(H,25,28). The van der Waals surface area contributed by atoms with Crippen LogP contribution in [0.3, 0.4) is 0 Å². The van der Waals surface area contributed by atoms with E-state index in [1.165, 1.54) is 11.8 Å². The maximum Gasteiger partial charge on any atom is 0.265 e. The second kappa shape index (κ2) is 9.06. The predicted molar refractivity (Wildman–Crippen MR) is 116 cm³/mol. The minimum Gasteiger partial charge on any atom is -0.481 e. The molecule has 0 aliphatic heterocycles. The van der Waals surface area contributed by atoms with Crippen molar-refractivity contribution in [1.29, 1.82) is 0 Å². The molecular weight excluding hydrogens is 364 g/mol. The topological polar surface area (TPSA) is 58.6 Å². The number of nitrogens with one attached hydrogen (secondary N) is 1. The van der Waals surface area contributed by atoms with Crippen LogP contribution in [0.2, 0.25) is 0 Å². The molecule has 29 heavy (non-hydrogen) atoms. The van der Waals surface area contributed by atoms with Crippen LogP contribution in [0, 0.1) is 0 Å². The van der Waals surface area contributed by atoms with E-state index in [1.807, 2.05) is 54.6 Å². The highest BCUT2D eigenvalue weighted by Crippen LogP contribution is 2.23. The third-order valence-electron chi connectivity index (χ3n) is 4.64. The van der Waals surface area contributed by atoms with E-state index in [4.69, 9.17) is 4.74 Å². The Balaban J connectivity index is 1.58. The maximum absolute atomic E-state index is 12.4. The lowest BCUT2D eigenvalue weighted by atomic mass is 10.1. The van der Waals surface area contributed by atoms with Crippen molar-refractivity contribution in [3.63, 3.8) is 0 Å². The summed E-state index contributed by atoms with van der Waals surface area (Å²) < 4.78 is 5.77. The zero-order valence-electron chi connectivity index (χ0n) is 16.8. The maximum atomic E-state index is 12.4. The average molecular weight is 388 g/mol. The van der Waals surface area contributed by atoms with Crippen LogP contribution in [0.1, 0.15) is 13.8 Å². The van der Waals surface area contributed by atoms with Gasteiger partial charge in [-0.2, -0.15) is 0 Å². The van der Waals surface area contributed by atoms with Crippen LogP contribution in [0.15, 0.2) is 78.9 Å². The zero-order chi connectivity index (χ0) is 20.8. The number of nitrogens with zero attached hydrogens (tertiary/aromatic N) is 1. The normalized spacial score (nSPS) is 11.4. The van der Waals surface area contributed by atoms with Gasteiger partial charge in [0.15, 0.2) is 6.10 Å². The predicted octanol–water partition coefficient (Wildman–Crippen LogP) is 4.74. The number of hydrogen-bond acceptors (Lipinski definition) is 3. The first-order valence-electron chi connectivity index (χ1n) is 9.41. The number of anilines is 2. The van der Waals surface area contributed by atoms with Crippen molar-refractivity contribution in [2.24, 2.45) is 0 Å². The SMILES string of the molecule is CC(=O)N(C)c1ccc(NC(=O)C(C)Oc2ccc(-c3ccccc3)cc2)cc1. The van der Waals surface area contributed by atoms with E-state index in [1.54, 1.807) is 38.2 Å². The molecule has 1 atom stereocenters. The quantitative estimate of drug-likeness (QED) is 0.663. The minimum atomic E-state index is -0.655. The molecule has 0 radical (unpaired) electrons. The monoisotopic (exact) mass is 388 g/mol. The molecule has 0 saturated heterocycles. The molecule has 5 nitrogen and oxygen atoms in total. The number of rotatable bonds is 6. The van der Waals surface area contributed by atoms with E-state index in [0.29, 0.717) is 11.4 Å². The van der Waals surface area contributed by atoms with E-state index in [9.17, 15) is 9.59 Å². The molecule has 0 aliphatic carbocycles. The van der Waals surface area contributed by atoms with E-state index < -0.39 is 6.10 Å². The molecule has 3 aromatic carbocycles. The third-order valence-corrected chi connectivity index (χ3v) is 4.64. The smallest absolute Gasteiger partial charge is 0.265 e. The fourth-order valence-electron chi connectivity index (χ4n) is 2.81. The molecule has 0 spiro atoms. The van der Waals surface area contributed by atoms with Gasteiger partial charge in [0.2, 0.25) is 5.91 Å². The molecule has 0 bridgehead atoms. The van der Waals surface area contributed by atoms with Crippen LogP contribution in [-0.2, 0) is 9.59 Å². The van der Waals surface area contributed by atoms with Gasteiger partial charge in [0.05, 0.1) is 0 Å². The first-order valence-corrected chi connectivity index (χ1v) is 9.41. The van der Waals surface area contributed by atoms with Crippen LogP contribution in [-0.4, -0.2) is 25.0 Å². The largest absolute Gasteiger partial charge is 0.481 e. The second-order valence-electron chi connectivity index (χ2n) is 6.76. The summed E-state index contributed by atoms with van der Waals surface area (Å²) in [6.45, 7) is 3.21. The molecule has 0 saturated carbocycles. The fraction of sp³-hybridized carbons (Fsp3) is 0.167. The molecule has 0 heterocycles. The summed E-state index contributed by atoms with van der Waals surface area (Å²) in [5.74, 6) is 0.331. The molecule has 0 fully saturated rings. The Morgan fingerprint density at radius 3 is 2.03 bits per heavy atom. The molecule has 148 valence electrons. The van der Waals surface area contributed by atoms with Gasteiger partial charge in [0.1, 0.15) is 5.75 Å². The first kappa shape index (κ1) is 20.1. The van der Waals surface area contributed by atoms with Gasteiger partial charge in [0, 0.05) is 25.3 Å². The van der Waals surface area contributed by atoms with Crippen molar-refractivity contribution in [2.45, 2.75) is 20.0 Å². The summed E-state index contributed by atoms with van der Waals surface area (Å²) in [5, 5.41) is 2.83. The van der Waals surface area contributed by atoms with Gasteiger partial charge in [-0.05, 0) is 54.4 Å². The van der Waals surface area contributed by atoms with Crippen molar-refractivity contribution in [3.05, 3.63) is 78.9 Å². The number of ether oxygens (including phenoxy) is 1. The Morgan fingerprint density at radius 1 is 0.862 bits per heavy atom. The van der Waals surface area contributed by atoms with Crippen molar-refractivity contribution < 1.29 is 14.3 Å². The Labute approximate surface area is 170 Å². The Morgan fingerprint density at radius 2 is 1.45 bits per heavy atom. The van der Waals surface area contributed by atoms with Crippen LogP contribution in [0.5, 0.6) is 5.75 Å². The average Bonchev–Trinajstić information content (AvgIpc) is 2.74. The summed E-state index contributed by atoms with van der Waals surface area (Å²) in [6.07, 6.45) is -0.655. The first-order chi connectivity index (χ1) is 13.9. The Hall–Kier alpha value is -3.60. The number of benzene rings is 3. The molecule has 3 aromatic rings. The highest BCUT2D eigenvalue weighted by molar-refractivity contribution is 5.95. The Bertz CT molecular complexity index is 967. The van der Waals surface area contributed by atoms with E-state index in [-0.39, 0.29) is 11.8 Å². The Kier molecular flexibility index (Phi) is 6.29. The molecule has 0 aromatic heterocycles. The van der Waals surface area contributed by atoms with Crippen molar-refractivity contribution in [1.82, 2.24) is 0 Å². The van der Waals surface area contributed by atoms with Crippen LogP contribution in [0.4, 0.5) is 11.4 Å². The number of hydrogen-bond donors (Lipinski definition) is 1. The molecular formula is C24H24N2O3. The lowest BCUT2D eigenvalue weighted by Crippen LogP contribution is -2.30. The number of amides is 2. The van der Waals surface area contributed by atoms with Gasteiger partial charge in [-0.1, -0.05) is 42.5 Å². The summed E-state index contributed by atoms with van der Waals surface area (Å²) in [7, 11) is 1.70. The fourth-order valence-corrected chi connectivity index (χ4v) is 2.81. The molecule has 5 heteroatoms. The van der Waals surface area contributed by atoms with E-state index in [2.05, 4.69) is 5.32 Å². The van der Waals surface area contributed by atoms with Crippen molar-refractivity contribution >= 4 is 23.2 Å². The van der Waals surface area contributed by atoms with Gasteiger partial charge in [0.25, 0.3) is 5.91 Å². The minimum absolute atomic E-state index is 0.0536. The van der Waals surface area contributed by atoms with Gasteiger partial charge < -0.3 is 15.0 Å². The molecule has 1 unspecified atom stereocenters. The zero-order valence-corrected chi connectivity index (χ0v) is 16.8. The van der Waals surface area contributed by atoms with Crippen molar-refractivity contribution in [2.75, 3.05) is 17.3 Å². The van der Waals surface area contributed by atoms with Gasteiger partial charge >= 0.3 is 0 Å². The van der Waals surface area contributed by atoms with Crippen LogP contribution in [0.25, 0.3) is 11.1 Å². The van der Waals surface area contributed by atoms with Gasteiger partial charge in [-0.15, -0.1) is 0 Å². The van der Waals surface area contributed by atoms with Crippen LogP contribution >= 0.6 is 0 Å². The molecule has 2 amide bonds. The summed E-state index contributed by atoms with van der Waals surface area (Å²) >= 11 is 0. The lowest BCUT2D eigenvalue weighted by Gasteiger charge is -2.17.